The average molecular weight is 267 g/mol. The lowest BCUT2D eigenvalue weighted by atomic mass is 10.1. The van der Waals surface area contributed by atoms with Gasteiger partial charge >= 0.3 is 0 Å². The number of nitro groups is 1. The van der Waals surface area contributed by atoms with Gasteiger partial charge in [-0.05, 0) is 35.9 Å². The molecular weight excluding hydrogens is 257 g/mol. The molecule has 0 N–H and O–H groups in total. The van der Waals surface area contributed by atoms with Crippen LogP contribution in [-0.4, -0.2) is 4.92 Å². The SMILES string of the molecule is O=[N+]([O-])/C=C/c1cc(F)ccc1C#Cc1ccccc1. The summed E-state index contributed by atoms with van der Waals surface area (Å²) in [5, 5.41) is 10.3. The van der Waals surface area contributed by atoms with E-state index in [1.54, 1.807) is 0 Å². The Kier molecular flexibility index (Phi) is 4.25. The first-order valence-electron chi connectivity index (χ1n) is 5.83. The molecule has 0 aliphatic carbocycles. The van der Waals surface area contributed by atoms with Crippen LogP contribution in [0.2, 0.25) is 0 Å². The number of nitrogens with zero attached hydrogens (tertiary/aromatic N) is 1. The second kappa shape index (κ2) is 6.30. The molecule has 0 radical (unpaired) electrons. The second-order valence-electron chi connectivity index (χ2n) is 3.95. The molecule has 0 aliphatic heterocycles. The normalized spacial score (nSPS) is 10.1. The van der Waals surface area contributed by atoms with E-state index in [1.165, 1.54) is 24.3 Å². The summed E-state index contributed by atoms with van der Waals surface area (Å²) in [4.78, 5) is 9.74. The van der Waals surface area contributed by atoms with Gasteiger partial charge in [0.05, 0.1) is 4.92 Å². The molecule has 2 aromatic rings. The van der Waals surface area contributed by atoms with Gasteiger partial charge in [0.25, 0.3) is 0 Å². The van der Waals surface area contributed by atoms with Gasteiger partial charge in [-0.2, -0.15) is 0 Å². The van der Waals surface area contributed by atoms with Gasteiger partial charge in [-0.3, -0.25) is 10.1 Å². The highest BCUT2D eigenvalue weighted by molar-refractivity contribution is 5.59. The van der Waals surface area contributed by atoms with Gasteiger partial charge < -0.3 is 0 Å². The molecule has 0 aliphatic rings. The molecule has 0 heterocycles. The summed E-state index contributed by atoms with van der Waals surface area (Å²) in [6, 6.07) is 13.3. The first kappa shape index (κ1) is 13.5. The van der Waals surface area contributed by atoms with E-state index in [1.807, 2.05) is 30.3 Å². The number of benzene rings is 2. The largest absolute Gasteiger partial charge is 0.259 e. The fourth-order valence-electron chi connectivity index (χ4n) is 1.59. The molecule has 0 atom stereocenters. The lowest BCUT2D eigenvalue weighted by Gasteiger charge is -1.98. The summed E-state index contributed by atoms with van der Waals surface area (Å²) in [7, 11) is 0. The topological polar surface area (TPSA) is 43.1 Å². The summed E-state index contributed by atoms with van der Waals surface area (Å²) in [5.41, 5.74) is 1.74. The molecule has 0 saturated heterocycles. The molecule has 20 heavy (non-hydrogen) atoms. The zero-order chi connectivity index (χ0) is 14.4. The third kappa shape index (κ3) is 3.79. The van der Waals surface area contributed by atoms with Crippen LogP contribution in [0.5, 0.6) is 0 Å². The third-order valence-corrected chi connectivity index (χ3v) is 2.50. The van der Waals surface area contributed by atoms with Gasteiger partial charge in [-0.15, -0.1) is 0 Å². The first-order valence-corrected chi connectivity index (χ1v) is 5.83. The lowest BCUT2D eigenvalue weighted by Crippen LogP contribution is -1.88. The number of hydrogen-bond donors (Lipinski definition) is 0. The van der Waals surface area contributed by atoms with Crippen molar-refractivity contribution in [3.8, 4) is 11.8 Å². The minimum atomic E-state index is -0.598. The zero-order valence-corrected chi connectivity index (χ0v) is 10.4. The van der Waals surface area contributed by atoms with Crippen LogP contribution in [0.15, 0.2) is 54.7 Å². The predicted molar refractivity (Wildman–Crippen MR) is 74.9 cm³/mol. The Hall–Kier alpha value is -2.93. The van der Waals surface area contributed by atoms with Crippen molar-refractivity contribution in [3.05, 3.63) is 87.4 Å². The lowest BCUT2D eigenvalue weighted by molar-refractivity contribution is -0.400. The number of hydrogen-bond acceptors (Lipinski definition) is 2. The van der Waals surface area contributed by atoms with Gasteiger partial charge in [0.2, 0.25) is 6.20 Å². The second-order valence-corrected chi connectivity index (χ2v) is 3.95. The Morgan fingerprint density at radius 3 is 2.55 bits per heavy atom. The monoisotopic (exact) mass is 267 g/mol. The van der Waals surface area contributed by atoms with E-state index in [9.17, 15) is 14.5 Å². The fourth-order valence-corrected chi connectivity index (χ4v) is 1.59. The summed E-state index contributed by atoms with van der Waals surface area (Å²) in [5.74, 6) is 5.36. The van der Waals surface area contributed by atoms with Crippen LogP contribution in [0, 0.1) is 27.8 Å². The van der Waals surface area contributed by atoms with E-state index < -0.39 is 10.7 Å². The Bertz CT molecular complexity index is 712. The molecule has 3 nitrogen and oxygen atoms in total. The summed E-state index contributed by atoms with van der Waals surface area (Å²) in [6.07, 6.45) is 2.00. The molecule has 2 aromatic carbocycles. The molecule has 0 saturated carbocycles. The molecule has 2 rings (SSSR count). The Balaban J connectivity index is 2.37. The minimum absolute atomic E-state index is 0.380. The number of rotatable bonds is 2. The van der Waals surface area contributed by atoms with Crippen LogP contribution in [0.3, 0.4) is 0 Å². The standard InChI is InChI=1S/C16H10FNO2/c17-16-9-8-14(15(12-16)10-11-18(19)20)7-6-13-4-2-1-3-5-13/h1-5,8-12H/b11-10+. The highest BCUT2D eigenvalue weighted by Crippen LogP contribution is 2.12. The third-order valence-electron chi connectivity index (χ3n) is 2.50. The van der Waals surface area contributed by atoms with Crippen LogP contribution < -0.4 is 0 Å². The van der Waals surface area contributed by atoms with E-state index >= 15 is 0 Å². The van der Waals surface area contributed by atoms with Crippen LogP contribution in [0.25, 0.3) is 6.08 Å². The van der Waals surface area contributed by atoms with Crippen LogP contribution in [0.4, 0.5) is 4.39 Å². The molecular formula is C16H10FNO2. The van der Waals surface area contributed by atoms with Gasteiger partial charge in [-0.25, -0.2) is 4.39 Å². The fraction of sp³-hybridized carbons (Fsp3) is 0. The maximum atomic E-state index is 13.2. The molecule has 4 heteroatoms. The van der Waals surface area contributed by atoms with E-state index in [2.05, 4.69) is 11.8 Å². The Morgan fingerprint density at radius 1 is 1.10 bits per heavy atom. The highest BCUT2D eigenvalue weighted by Gasteiger charge is 2.00. The van der Waals surface area contributed by atoms with Crippen LogP contribution in [-0.2, 0) is 0 Å². The van der Waals surface area contributed by atoms with Crippen LogP contribution in [0.1, 0.15) is 16.7 Å². The summed E-state index contributed by atoms with van der Waals surface area (Å²) < 4.78 is 13.2. The van der Waals surface area contributed by atoms with Crippen molar-refractivity contribution in [2.75, 3.05) is 0 Å². The van der Waals surface area contributed by atoms with E-state index in [-0.39, 0.29) is 0 Å². The van der Waals surface area contributed by atoms with E-state index in [0.29, 0.717) is 11.1 Å². The van der Waals surface area contributed by atoms with E-state index in [0.717, 1.165) is 11.8 Å². The maximum Gasteiger partial charge on any atom is 0.235 e. The minimum Gasteiger partial charge on any atom is -0.259 e. The molecule has 0 unspecified atom stereocenters. The van der Waals surface area contributed by atoms with E-state index in [4.69, 9.17) is 0 Å². The van der Waals surface area contributed by atoms with Crippen molar-refractivity contribution in [1.29, 1.82) is 0 Å². The summed E-state index contributed by atoms with van der Waals surface area (Å²) in [6.45, 7) is 0. The molecule has 0 spiro atoms. The highest BCUT2D eigenvalue weighted by atomic mass is 19.1. The molecule has 0 fully saturated rings. The van der Waals surface area contributed by atoms with Gasteiger partial charge in [0.1, 0.15) is 5.82 Å². The van der Waals surface area contributed by atoms with Gasteiger partial charge in [0.15, 0.2) is 0 Å². The maximum absolute atomic E-state index is 13.2. The van der Waals surface area contributed by atoms with Crippen molar-refractivity contribution in [1.82, 2.24) is 0 Å². The Labute approximate surface area is 115 Å². The van der Waals surface area contributed by atoms with Gasteiger partial charge in [0, 0.05) is 17.2 Å². The molecule has 0 aromatic heterocycles. The van der Waals surface area contributed by atoms with Crippen LogP contribution >= 0.6 is 0 Å². The summed E-state index contributed by atoms with van der Waals surface area (Å²) >= 11 is 0. The van der Waals surface area contributed by atoms with Crippen molar-refractivity contribution in [2.45, 2.75) is 0 Å². The quantitative estimate of drug-likeness (QED) is 0.475. The van der Waals surface area contributed by atoms with Crippen molar-refractivity contribution in [3.63, 3.8) is 0 Å². The van der Waals surface area contributed by atoms with Crippen molar-refractivity contribution < 1.29 is 9.31 Å². The zero-order valence-electron chi connectivity index (χ0n) is 10.4. The predicted octanol–water partition coefficient (Wildman–Crippen LogP) is 3.47. The van der Waals surface area contributed by atoms with Gasteiger partial charge in [-0.1, -0.05) is 30.0 Å². The number of halogens is 1. The molecule has 98 valence electrons. The molecule has 0 bridgehead atoms. The smallest absolute Gasteiger partial charge is 0.235 e. The average Bonchev–Trinajstić information content (AvgIpc) is 2.45. The first-order chi connectivity index (χ1) is 9.65. The van der Waals surface area contributed by atoms with Crippen molar-refractivity contribution in [2.24, 2.45) is 0 Å². The molecule has 0 amide bonds. The Morgan fingerprint density at radius 2 is 1.85 bits per heavy atom. The van der Waals surface area contributed by atoms with Crippen molar-refractivity contribution >= 4 is 6.08 Å².